The quantitative estimate of drug-likeness (QED) is 0.818. The number of aromatic nitrogens is 2. The van der Waals surface area contributed by atoms with Gasteiger partial charge in [-0.15, -0.1) is 0 Å². The fourth-order valence-corrected chi connectivity index (χ4v) is 1.77. The van der Waals surface area contributed by atoms with E-state index >= 15 is 0 Å². The highest BCUT2D eigenvalue weighted by molar-refractivity contribution is 5.12. The van der Waals surface area contributed by atoms with Crippen LogP contribution >= 0.6 is 0 Å². The number of nitrogens with zero attached hydrogens (tertiary/aromatic N) is 2. The molecule has 0 saturated carbocycles. The molecule has 4 nitrogen and oxygen atoms in total. The molecular formula is C11H19N3O. The summed E-state index contributed by atoms with van der Waals surface area (Å²) in [4.78, 5) is 0. The number of ether oxygens (including phenoxy) is 1. The highest BCUT2D eigenvalue weighted by Gasteiger charge is 2.14. The fraction of sp³-hybridized carbons (Fsp3) is 0.727. The van der Waals surface area contributed by atoms with Crippen LogP contribution in [0, 0.1) is 0 Å². The Morgan fingerprint density at radius 2 is 2.53 bits per heavy atom. The zero-order chi connectivity index (χ0) is 10.7. The Hall–Kier alpha value is -1.03. The summed E-state index contributed by atoms with van der Waals surface area (Å²) in [6.07, 6.45) is 6.23. The molecular weight excluding hydrogens is 190 g/mol. The van der Waals surface area contributed by atoms with Crippen molar-refractivity contribution < 1.29 is 4.74 Å². The van der Waals surface area contributed by atoms with Gasteiger partial charge in [0.15, 0.2) is 5.75 Å². The molecule has 1 N–H and O–H groups in total. The van der Waals surface area contributed by atoms with Crippen LogP contribution in [0.5, 0.6) is 5.75 Å². The Balaban J connectivity index is 1.82. The predicted octanol–water partition coefficient (Wildman–Crippen LogP) is 1.59. The van der Waals surface area contributed by atoms with Crippen molar-refractivity contribution in [3.8, 4) is 5.75 Å². The molecule has 1 unspecified atom stereocenters. The third-order valence-electron chi connectivity index (χ3n) is 2.72. The fourth-order valence-electron chi connectivity index (χ4n) is 1.77. The summed E-state index contributed by atoms with van der Waals surface area (Å²) < 4.78 is 7.59. The number of nitrogens with one attached hydrogen (secondary N) is 1. The Morgan fingerprint density at radius 1 is 1.67 bits per heavy atom. The number of rotatable bonds is 4. The molecule has 1 fully saturated rings. The molecule has 1 aromatic rings. The average molecular weight is 209 g/mol. The summed E-state index contributed by atoms with van der Waals surface area (Å²) in [5, 5.41) is 7.64. The molecule has 1 aromatic heterocycles. The van der Waals surface area contributed by atoms with Crippen LogP contribution in [0.2, 0.25) is 0 Å². The molecule has 1 saturated heterocycles. The average Bonchev–Trinajstić information content (AvgIpc) is 2.86. The summed E-state index contributed by atoms with van der Waals surface area (Å²) >= 11 is 0. The van der Waals surface area contributed by atoms with E-state index < -0.39 is 0 Å². The van der Waals surface area contributed by atoms with Crippen LogP contribution in [0.3, 0.4) is 0 Å². The molecule has 4 heteroatoms. The van der Waals surface area contributed by atoms with Gasteiger partial charge in [0, 0.05) is 12.1 Å². The van der Waals surface area contributed by atoms with Crippen molar-refractivity contribution >= 4 is 0 Å². The van der Waals surface area contributed by atoms with Crippen molar-refractivity contribution in [2.24, 2.45) is 0 Å². The first-order valence-electron chi connectivity index (χ1n) is 5.66. The van der Waals surface area contributed by atoms with Crippen molar-refractivity contribution in [2.45, 2.75) is 38.8 Å². The number of hydrogen-bond acceptors (Lipinski definition) is 3. The minimum Gasteiger partial charge on any atom is -0.489 e. The molecule has 1 atom stereocenters. The Bertz CT molecular complexity index is 303. The molecule has 0 amide bonds. The summed E-state index contributed by atoms with van der Waals surface area (Å²) in [5.41, 5.74) is 0. The molecule has 1 aliphatic rings. The van der Waals surface area contributed by atoms with Crippen LogP contribution in [0.4, 0.5) is 0 Å². The lowest BCUT2D eigenvalue weighted by Crippen LogP contribution is -2.28. The lowest BCUT2D eigenvalue weighted by molar-refractivity contribution is 0.276. The summed E-state index contributed by atoms with van der Waals surface area (Å²) in [5.74, 6) is 0.873. The topological polar surface area (TPSA) is 39.1 Å². The van der Waals surface area contributed by atoms with Crippen molar-refractivity contribution in [3.05, 3.63) is 12.4 Å². The highest BCUT2D eigenvalue weighted by Crippen LogP contribution is 2.14. The molecule has 1 aliphatic heterocycles. The Kier molecular flexibility index (Phi) is 3.26. The smallest absolute Gasteiger partial charge is 0.157 e. The standard InChI is InChI=1S/C11H19N3O/c1-9(2)14-7-11(6-13-14)15-8-10-4-3-5-12-10/h6-7,9-10,12H,3-5,8H2,1-2H3. The van der Waals surface area contributed by atoms with Gasteiger partial charge in [-0.2, -0.15) is 5.10 Å². The van der Waals surface area contributed by atoms with Crippen molar-refractivity contribution in [1.29, 1.82) is 0 Å². The molecule has 0 aromatic carbocycles. The van der Waals surface area contributed by atoms with Crippen LogP contribution in [0.25, 0.3) is 0 Å². The number of hydrogen-bond donors (Lipinski definition) is 1. The largest absolute Gasteiger partial charge is 0.489 e. The van der Waals surface area contributed by atoms with Gasteiger partial charge in [0.25, 0.3) is 0 Å². The van der Waals surface area contributed by atoms with E-state index in [-0.39, 0.29) is 0 Å². The zero-order valence-corrected chi connectivity index (χ0v) is 9.44. The maximum atomic E-state index is 5.67. The van der Waals surface area contributed by atoms with E-state index in [0.717, 1.165) is 18.9 Å². The monoisotopic (exact) mass is 209 g/mol. The summed E-state index contributed by atoms with van der Waals surface area (Å²) in [6, 6.07) is 0.916. The lowest BCUT2D eigenvalue weighted by Gasteiger charge is -2.10. The maximum Gasteiger partial charge on any atom is 0.157 e. The van der Waals surface area contributed by atoms with E-state index in [9.17, 15) is 0 Å². The van der Waals surface area contributed by atoms with Crippen molar-refractivity contribution in [2.75, 3.05) is 13.2 Å². The van der Waals surface area contributed by atoms with E-state index in [4.69, 9.17) is 4.74 Å². The first-order chi connectivity index (χ1) is 7.25. The molecule has 2 heterocycles. The Labute approximate surface area is 90.6 Å². The van der Waals surface area contributed by atoms with E-state index in [1.165, 1.54) is 12.8 Å². The molecule has 0 spiro atoms. The lowest BCUT2D eigenvalue weighted by atomic mass is 10.2. The predicted molar refractivity (Wildman–Crippen MR) is 59.1 cm³/mol. The van der Waals surface area contributed by atoms with E-state index in [0.29, 0.717) is 12.1 Å². The van der Waals surface area contributed by atoms with Crippen LogP contribution < -0.4 is 10.1 Å². The zero-order valence-electron chi connectivity index (χ0n) is 9.44. The van der Waals surface area contributed by atoms with E-state index in [1.807, 2.05) is 10.9 Å². The minimum atomic E-state index is 0.395. The van der Waals surface area contributed by atoms with E-state index in [2.05, 4.69) is 24.3 Å². The van der Waals surface area contributed by atoms with Gasteiger partial charge >= 0.3 is 0 Å². The second kappa shape index (κ2) is 4.66. The second-order valence-electron chi connectivity index (χ2n) is 4.35. The van der Waals surface area contributed by atoms with Gasteiger partial charge in [0.2, 0.25) is 0 Å². The third-order valence-corrected chi connectivity index (χ3v) is 2.72. The molecule has 0 bridgehead atoms. The minimum absolute atomic E-state index is 0.395. The molecule has 15 heavy (non-hydrogen) atoms. The van der Waals surface area contributed by atoms with Gasteiger partial charge < -0.3 is 10.1 Å². The van der Waals surface area contributed by atoms with Gasteiger partial charge in [-0.3, -0.25) is 4.68 Å². The van der Waals surface area contributed by atoms with Crippen LogP contribution in [-0.2, 0) is 0 Å². The van der Waals surface area contributed by atoms with Gasteiger partial charge in [0.05, 0.1) is 12.4 Å². The molecule has 0 aliphatic carbocycles. The maximum absolute atomic E-state index is 5.67. The SMILES string of the molecule is CC(C)n1cc(OCC2CCCN2)cn1. The molecule has 84 valence electrons. The van der Waals surface area contributed by atoms with Gasteiger partial charge in [-0.05, 0) is 33.2 Å². The second-order valence-corrected chi connectivity index (χ2v) is 4.35. The highest BCUT2D eigenvalue weighted by atomic mass is 16.5. The first kappa shape index (κ1) is 10.5. The van der Waals surface area contributed by atoms with Gasteiger partial charge in [0.1, 0.15) is 6.61 Å². The normalized spacial score (nSPS) is 21.1. The first-order valence-corrected chi connectivity index (χ1v) is 5.66. The Morgan fingerprint density at radius 3 is 3.13 bits per heavy atom. The van der Waals surface area contributed by atoms with Crippen molar-refractivity contribution in [3.63, 3.8) is 0 Å². The summed E-state index contributed by atoms with van der Waals surface area (Å²) in [7, 11) is 0. The van der Waals surface area contributed by atoms with Crippen LogP contribution in [0.1, 0.15) is 32.7 Å². The third kappa shape index (κ3) is 2.72. The van der Waals surface area contributed by atoms with Crippen LogP contribution in [-0.4, -0.2) is 29.0 Å². The summed E-state index contributed by atoms with van der Waals surface area (Å²) in [6.45, 7) is 6.09. The van der Waals surface area contributed by atoms with Crippen LogP contribution in [0.15, 0.2) is 12.4 Å². The van der Waals surface area contributed by atoms with Crippen molar-refractivity contribution in [1.82, 2.24) is 15.1 Å². The van der Waals surface area contributed by atoms with Gasteiger partial charge in [-0.1, -0.05) is 0 Å². The molecule has 0 radical (unpaired) electrons. The van der Waals surface area contributed by atoms with Gasteiger partial charge in [-0.25, -0.2) is 0 Å². The molecule has 2 rings (SSSR count). The van der Waals surface area contributed by atoms with E-state index in [1.54, 1.807) is 6.20 Å².